The van der Waals surface area contributed by atoms with Crippen LogP contribution in [0.25, 0.3) is 0 Å². The fourth-order valence-electron chi connectivity index (χ4n) is 3.22. The van der Waals surface area contributed by atoms with E-state index in [1.165, 1.54) is 23.4 Å². The van der Waals surface area contributed by atoms with Crippen LogP contribution in [0.1, 0.15) is 35.3 Å². The van der Waals surface area contributed by atoms with Gasteiger partial charge in [-0.15, -0.1) is 0 Å². The number of amides is 2. The summed E-state index contributed by atoms with van der Waals surface area (Å²) in [4.78, 5) is 23.7. The summed E-state index contributed by atoms with van der Waals surface area (Å²) in [6.45, 7) is 3.24. The van der Waals surface area contributed by atoms with Crippen molar-refractivity contribution in [1.82, 2.24) is 5.43 Å². The number of rotatable bonds is 8. The van der Waals surface area contributed by atoms with Gasteiger partial charge in [0, 0.05) is 23.2 Å². The van der Waals surface area contributed by atoms with Crippen LogP contribution >= 0.6 is 11.6 Å². The number of benzene rings is 3. The Balaban J connectivity index is 1.71. The zero-order chi connectivity index (χ0) is 25.6. The number of sulfonamides is 1. The van der Waals surface area contributed by atoms with E-state index in [2.05, 4.69) is 15.8 Å². The summed E-state index contributed by atoms with van der Waals surface area (Å²) < 4.78 is 26.1. The zero-order valence-corrected chi connectivity index (χ0v) is 21.0. The van der Waals surface area contributed by atoms with Gasteiger partial charge in [0.25, 0.3) is 5.91 Å². The number of halogens is 1. The third-order valence-electron chi connectivity index (χ3n) is 5.04. The van der Waals surface area contributed by atoms with E-state index < -0.39 is 15.9 Å². The van der Waals surface area contributed by atoms with E-state index in [1.54, 1.807) is 67.6 Å². The van der Waals surface area contributed by atoms with Crippen LogP contribution in [0.5, 0.6) is 0 Å². The zero-order valence-electron chi connectivity index (χ0n) is 19.4. The van der Waals surface area contributed by atoms with E-state index in [4.69, 9.17) is 11.6 Å². The first-order chi connectivity index (χ1) is 16.5. The Bertz CT molecular complexity index is 1350. The Hall–Kier alpha value is -3.69. The molecule has 2 amide bonds. The van der Waals surface area contributed by atoms with Crippen molar-refractivity contribution in [3.8, 4) is 0 Å². The van der Waals surface area contributed by atoms with E-state index in [0.29, 0.717) is 33.2 Å². The molecule has 0 fully saturated rings. The average Bonchev–Trinajstić information content (AvgIpc) is 2.81. The van der Waals surface area contributed by atoms with Gasteiger partial charge in [0.2, 0.25) is 15.9 Å². The number of hydrogen-bond donors (Lipinski definition) is 2. The number of hydrazone groups is 1. The van der Waals surface area contributed by atoms with Crippen LogP contribution < -0.4 is 15.0 Å². The lowest BCUT2D eigenvalue weighted by Crippen LogP contribution is -2.29. The molecular formula is C25H25ClN4O4S. The molecule has 0 saturated carbocycles. The van der Waals surface area contributed by atoms with Gasteiger partial charge in [0.15, 0.2) is 0 Å². The predicted octanol–water partition coefficient (Wildman–Crippen LogP) is 4.42. The van der Waals surface area contributed by atoms with Gasteiger partial charge in [-0.3, -0.25) is 13.9 Å². The van der Waals surface area contributed by atoms with Crippen molar-refractivity contribution < 1.29 is 18.0 Å². The second kappa shape index (κ2) is 11.2. The number of carbonyl (C=O) groups is 2. The summed E-state index contributed by atoms with van der Waals surface area (Å²) in [6.07, 6.45) is 1.12. The van der Waals surface area contributed by atoms with Crippen LogP contribution in [-0.4, -0.2) is 32.2 Å². The third kappa shape index (κ3) is 7.14. The van der Waals surface area contributed by atoms with Crippen LogP contribution in [0.4, 0.5) is 11.4 Å². The van der Waals surface area contributed by atoms with Crippen LogP contribution in [0.15, 0.2) is 77.9 Å². The van der Waals surface area contributed by atoms with Gasteiger partial charge < -0.3 is 5.32 Å². The topological polar surface area (TPSA) is 108 Å². The first-order valence-corrected chi connectivity index (χ1v) is 12.8. The van der Waals surface area contributed by atoms with Gasteiger partial charge in [0.1, 0.15) is 0 Å². The number of anilines is 2. The first kappa shape index (κ1) is 25.9. The molecule has 0 aliphatic rings. The Morgan fingerprint density at radius 3 is 2.09 bits per heavy atom. The summed E-state index contributed by atoms with van der Waals surface area (Å²) in [5.74, 6) is -0.604. The molecule has 3 aromatic carbocycles. The van der Waals surface area contributed by atoms with Crippen molar-refractivity contribution >= 4 is 50.5 Å². The van der Waals surface area contributed by atoms with Gasteiger partial charge in [-0.05, 0) is 60.5 Å². The maximum atomic E-state index is 12.6. The van der Waals surface area contributed by atoms with Crippen molar-refractivity contribution in [2.75, 3.05) is 15.9 Å². The minimum Gasteiger partial charge on any atom is -0.326 e. The van der Waals surface area contributed by atoms with Crippen LogP contribution in [0, 0.1) is 0 Å². The molecule has 0 unspecified atom stereocenters. The molecule has 35 heavy (non-hydrogen) atoms. The van der Waals surface area contributed by atoms with Gasteiger partial charge in [0.05, 0.1) is 24.2 Å². The van der Waals surface area contributed by atoms with Crippen molar-refractivity contribution in [2.24, 2.45) is 5.10 Å². The van der Waals surface area contributed by atoms with E-state index >= 15 is 0 Å². The molecule has 0 radical (unpaired) electrons. The van der Waals surface area contributed by atoms with Crippen molar-refractivity contribution in [3.05, 3.63) is 94.5 Å². The largest absolute Gasteiger partial charge is 0.326 e. The van der Waals surface area contributed by atoms with Gasteiger partial charge in [-0.2, -0.15) is 5.10 Å². The molecule has 10 heteroatoms. The van der Waals surface area contributed by atoms with Gasteiger partial charge in [-0.25, -0.2) is 13.8 Å². The quantitative estimate of drug-likeness (QED) is 0.344. The standard InChI is InChI=1S/C25H25ClN4O4S/c1-17(19-8-12-22(13-9-19)27-18(2)31)28-29-25(32)20-10-14-23(15-11-20)30(35(3,33)34)16-21-6-4-5-7-24(21)26/h4-15H,16H2,1-3H3,(H,27,31)(H,29,32)/b28-17+. The van der Waals surface area contributed by atoms with Crippen LogP contribution in [-0.2, 0) is 21.4 Å². The smallest absolute Gasteiger partial charge is 0.271 e. The highest BCUT2D eigenvalue weighted by atomic mass is 35.5. The Kier molecular flexibility index (Phi) is 8.26. The summed E-state index contributed by atoms with van der Waals surface area (Å²) in [6, 6.07) is 20.2. The molecule has 0 aromatic heterocycles. The number of nitrogens with zero attached hydrogens (tertiary/aromatic N) is 2. The molecule has 0 heterocycles. The van der Waals surface area contributed by atoms with Gasteiger partial charge in [-0.1, -0.05) is 41.9 Å². The SMILES string of the molecule is CC(=O)Nc1ccc(/C(C)=N/NC(=O)c2ccc(N(Cc3ccccc3Cl)S(C)(=O)=O)cc2)cc1. The second-order valence-electron chi connectivity index (χ2n) is 7.80. The summed E-state index contributed by atoms with van der Waals surface area (Å²) in [5, 5.41) is 7.28. The maximum absolute atomic E-state index is 12.6. The molecule has 0 spiro atoms. The normalized spacial score (nSPS) is 11.6. The van der Waals surface area contributed by atoms with E-state index in [9.17, 15) is 18.0 Å². The fraction of sp³-hybridized carbons (Fsp3) is 0.160. The molecule has 0 aliphatic carbocycles. The number of carbonyl (C=O) groups excluding carboxylic acids is 2. The second-order valence-corrected chi connectivity index (χ2v) is 10.1. The van der Waals surface area contributed by atoms with E-state index in [0.717, 1.165) is 11.8 Å². The lowest BCUT2D eigenvalue weighted by Gasteiger charge is -2.23. The Morgan fingerprint density at radius 1 is 0.914 bits per heavy atom. The number of nitrogens with one attached hydrogen (secondary N) is 2. The molecule has 8 nitrogen and oxygen atoms in total. The monoisotopic (exact) mass is 512 g/mol. The van der Waals surface area contributed by atoms with Crippen molar-refractivity contribution in [3.63, 3.8) is 0 Å². The van der Waals surface area contributed by atoms with Crippen LogP contribution in [0.2, 0.25) is 5.02 Å². The fourth-order valence-corrected chi connectivity index (χ4v) is 4.30. The molecule has 3 rings (SSSR count). The van der Waals surface area contributed by atoms with E-state index in [-0.39, 0.29) is 12.5 Å². The molecule has 3 aromatic rings. The highest BCUT2D eigenvalue weighted by Gasteiger charge is 2.19. The molecular weight excluding hydrogens is 488 g/mol. The molecule has 0 bridgehead atoms. The van der Waals surface area contributed by atoms with Crippen LogP contribution in [0.3, 0.4) is 0 Å². The molecule has 2 N–H and O–H groups in total. The molecule has 0 aliphatic heterocycles. The predicted molar refractivity (Wildman–Crippen MR) is 139 cm³/mol. The summed E-state index contributed by atoms with van der Waals surface area (Å²) in [5.41, 5.74) is 5.90. The highest BCUT2D eigenvalue weighted by molar-refractivity contribution is 7.92. The van der Waals surface area contributed by atoms with Crippen molar-refractivity contribution in [2.45, 2.75) is 20.4 Å². The lowest BCUT2D eigenvalue weighted by molar-refractivity contribution is -0.114. The average molecular weight is 513 g/mol. The first-order valence-electron chi connectivity index (χ1n) is 10.6. The van der Waals surface area contributed by atoms with E-state index in [1.807, 2.05) is 0 Å². The highest BCUT2D eigenvalue weighted by Crippen LogP contribution is 2.24. The summed E-state index contributed by atoms with van der Waals surface area (Å²) in [7, 11) is -3.60. The lowest BCUT2D eigenvalue weighted by atomic mass is 10.1. The maximum Gasteiger partial charge on any atom is 0.271 e. The molecule has 0 saturated heterocycles. The Morgan fingerprint density at radius 2 is 1.51 bits per heavy atom. The number of hydrogen-bond acceptors (Lipinski definition) is 5. The minimum absolute atomic E-state index is 0.0638. The third-order valence-corrected chi connectivity index (χ3v) is 6.55. The van der Waals surface area contributed by atoms with Gasteiger partial charge >= 0.3 is 0 Å². The minimum atomic E-state index is -3.60. The Labute approximate surface area is 209 Å². The molecule has 182 valence electrons. The summed E-state index contributed by atoms with van der Waals surface area (Å²) >= 11 is 6.20. The molecule has 0 atom stereocenters. The van der Waals surface area contributed by atoms with Crippen molar-refractivity contribution in [1.29, 1.82) is 0 Å².